The van der Waals surface area contributed by atoms with Gasteiger partial charge in [0, 0.05) is 17.7 Å². The molecule has 1 fully saturated rings. The van der Waals surface area contributed by atoms with E-state index in [9.17, 15) is 24.4 Å². The lowest BCUT2D eigenvalue weighted by Crippen LogP contribution is -2.31. The Morgan fingerprint density at radius 1 is 1.02 bits per heavy atom. The number of pyridine rings is 1. The van der Waals surface area contributed by atoms with Crippen LogP contribution in [0.15, 0.2) is 59.6 Å². The lowest BCUT2D eigenvalue weighted by molar-refractivity contribution is -0.121. The van der Waals surface area contributed by atoms with Gasteiger partial charge in [0.1, 0.15) is 11.1 Å². The highest BCUT2D eigenvalue weighted by Gasteiger charge is 2.40. The average molecular weight is 588 g/mol. The molecule has 42 heavy (non-hydrogen) atoms. The van der Waals surface area contributed by atoms with Gasteiger partial charge in [-0.3, -0.25) is 14.4 Å². The van der Waals surface area contributed by atoms with Gasteiger partial charge in [0.2, 0.25) is 11.8 Å². The van der Waals surface area contributed by atoms with Gasteiger partial charge in [0.05, 0.1) is 36.3 Å². The molecule has 0 N–H and O–H groups in total. The highest BCUT2D eigenvalue weighted by molar-refractivity contribution is 8.00. The number of carbonyl (C=O) groups is 4. The van der Waals surface area contributed by atoms with Crippen LogP contribution in [0.2, 0.25) is 0 Å². The number of imide groups is 1. The van der Waals surface area contributed by atoms with E-state index >= 15 is 0 Å². The minimum absolute atomic E-state index is 0.0491. The highest BCUT2D eigenvalue weighted by atomic mass is 32.2. The lowest BCUT2D eigenvalue weighted by atomic mass is 10.1. The Bertz CT molecular complexity index is 1560. The largest absolute Gasteiger partial charge is 0.493 e. The zero-order chi connectivity index (χ0) is 30.4. The Hall–Kier alpha value is -4.69. The second kappa shape index (κ2) is 13.3. The van der Waals surface area contributed by atoms with Crippen LogP contribution in [0.25, 0.3) is 0 Å². The number of esters is 1. The molecule has 216 valence electrons. The first kappa shape index (κ1) is 30.3. The summed E-state index contributed by atoms with van der Waals surface area (Å²) in [5.41, 5.74) is 1.89. The van der Waals surface area contributed by atoms with Crippen LogP contribution >= 0.6 is 11.8 Å². The predicted octanol–water partition coefficient (Wildman–Crippen LogP) is 4.63. The molecule has 11 heteroatoms. The van der Waals surface area contributed by atoms with Crippen molar-refractivity contribution in [2.75, 3.05) is 25.7 Å². The Kier molecular flexibility index (Phi) is 9.60. The van der Waals surface area contributed by atoms with E-state index < -0.39 is 35.4 Å². The molecule has 1 atom stereocenters. The summed E-state index contributed by atoms with van der Waals surface area (Å²) >= 11 is 1.11. The Balaban J connectivity index is 1.40. The molecule has 0 aliphatic carbocycles. The Morgan fingerprint density at radius 3 is 2.36 bits per heavy atom. The Labute approximate surface area is 247 Å². The van der Waals surface area contributed by atoms with Gasteiger partial charge in [0.15, 0.2) is 23.9 Å². The molecule has 0 spiro atoms. The van der Waals surface area contributed by atoms with E-state index in [-0.39, 0.29) is 17.5 Å². The number of carbonyl (C=O) groups excluding carboxylic acids is 4. The van der Waals surface area contributed by atoms with Crippen LogP contribution < -0.4 is 14.4 Å². The minimum atomic E-state index is -0.737. The van der Waals surface area contributed by atoms with Gasteiger partial charge in [-0.25, -0.2) is 14.7 Å². The molecule has 3 aromatic rings. The molecule has 10 nitrogen and oxygen atoms in total. The van der Waals surface area contributed by atoms with Crippen molar-refractivity contribution in [2.24, 2.45) is 5.92 Å². The number of hydrogen-bond acceptors (Lipinski definition) is 10. The van der Waals surface area contributed by atoms with Gasteiger partial charge in [-0.05, 0) is 66.9 Å². The van der Waals surface area contributed by atoms with E-state index in [2.05, 4.69) is 24.9 Å². The average Bonchev–Trinajstić information content (AvgIpc) is 3.27. The molecule has 1 aliphatic rings. The summed E-state index contributed by atoms with van der Waals surface area (Å²) in [6, 6.07) is 16.0. The summed E-state index contributed by atoms with van der Waals surface area (Å²) < 4.78 is 15.5. The summed E-state index contributed by atoms with van der Waals surface area (Å²) in [5.74, 6) is -0.790. The number of nitrogens with zero attached hydrogens (tertiary/aromatic N) is 3. The highest BCUT2D eigenvalue weighted by Crippen LogP contribution is 2.35. The van der Waals surface area contributed by atoms with Crippen LogP contribution in [0.5, 0.6) is 11.5 Å². The number of benzene rings is 2. The van der Waals surface area contributed by atoms with E-state index in [1.807, 2.05) is 0 Å². The summed E-state index contributed by atoms with van der Waals surface area (Å²) in [6.07, 6.45) is 0.675. The summed E-state index contributed by atoms with van der Waals surface area (Å²) in [5, 5.41) is 9.20. The summed E-state index contributed by atoms with van der Waals surface area (Å²) in [6.45, 7) is 3.64. The van der Waals surface area contributed by atoms with Crippen molar-refractivity contribution in [3.05, 3.63) is 77.0 Å². The third-order valence-corrected chi connectivity index (χ3v) is 7.60. The van der Waals surface area contributed by atoms with E-state index in [0.29, 0.717) is 33.7 Å². The topological polar surface area (TPSA) is 136 Å². The van der Waals surface area contributed by atoms with Crippen molar-refractivity contribution in [1.82, 2.24) is 4.98 Å². The number of hydrogen-bond donors (Lipinski definition) is 0. The number of nitriles is 1. The summed E-state index contributed by atoms with van der Waals surface area (Å²) in [7, 11) is 2.93. The van der Waals surface area contributed by atoms with Crippen molar-refractivity contribution in [3.8, 4) is 17.6 Å². The van der Waals surface area contributed by atoms with Gasteiger partial charge < -0.3 is 14.2 Å². The van der Waals surface area contributed by atoms with E-state index in [0.717, 1.165) is 28.8 Å². The van der Waals surface area contributed by atoms with Gasteiger partial charge in [-0.1, -0.05) is 25.6 Å². The SMILES string of the molecule is COc1ccc(C(=O)COC(=O)c2ccc(N3C(=O)CC(Sc4nc(CC(C)C)ccc4C#N)C3=O)cc2)cc1OC. The zero-order valence-electron chi connectivity index (χ0n) is 23.6. The van der Waals surface area contributed by atoms with Crippen molar-refractivity contribution in [2.45, 2.75) is 37.0 Å². The third-order valence-electron chi connectivity index (χ3n) is 6.42. The fraction of sp³-hybridized carbons (Fsp3) is 0.290. The first-order valence-corrected chi connectivity index (χ1v) is 14.0. The van der Waals surface area contributed by atoms with E-state index in [1.165, 1.54) is 44.6 Å². The third kappa shape index (κ3) is 6.78. The van der Waals surface area contributed by atoms with Gasteiger partial charge in [-0.15, -0.1) is 0 Å². The smallest absolute Gasteiger partial charge is 0.338 e. The number of ketones is 1. The first-order valence-electron chi connectivity index (χ1n) is 13.1. The van der Waals surface area contributed by atoms with Crippen LogP contribution in [0, 0.1) is 17.2 Å². The summed E-state index contributed by atoms with van der Waals surface area (Å²) in [4.78, 5) is 56.8. The molecule has 0 radical (unpaired) electrons. The second-order valence-corrected chi connectivity index (χ2v) is 11.1. The number of rotatable bonds is 11. The fourth-order valence-corrected chi connectivity index (χ4v) is 5.45. The fourth-order valence-electron chi connectivity index (χ4n) is 4.34. The molecule has 0 saturated carbocycles. The van der Waals surface area contributed by atoms with Crippen LogP contribution in [-0.4, -0.2) is 54.6 Å². The molecule has 4 rings (SSSR count). The van der Waals surface area contributed by atoms with Crippen molar-refractivity contribution in [1.29, 1.82) is 5.26 Å². The minimum Gasteiger partial charge on any atom is -0.493 e. The molecular formula is C31H29N3O7S. The van der Waals surface area contributed by atoms with Crippen LogP contribution in [-0.2, 0) is 20.7 Å². The van der Waals surface area contributed by atoms with Gasteiger partial charge in [0.25, 0.3) is 0 Å². The number of aromatic nitrogens is 1. The molecule has 2 amide bonds. The molecule has 1 unspecified atom stereocenters. The van der Waals surface area contributed by atoms with Gasteiger partial charge >= 0.3 is 5.97 Å². The molecule has 0 bridgehead atoms. The number of methoxy groups -OCH3 is 2. The quantitative estimate of drug-likeness (QED) is 0.177. The van der Waals surface area contributed by atoms with Crippen molar-refractivity contribution in [3.63, 3.8) is 0 Å². The number of anilines is 1. The van der Waals surface area contributed by atoms with Crippen molar-refractivity contribution >= 4 is 41.0 Å². The zero-order valence-corrected chi connectivity index (χ0v) is 24.4. The second-order valence-electron chi connectivity index (χ2n) is 9.86. The first-order chi connectivity index (χ1) is 20.1. The number of amides is 2. The lowest BCUT2D eigenvalue weighted by Gasteiger charge is -2.15. The molecule has 1 saturated heterocycles. The molecular weight excluding hydrogens is 558 g/mol. The molecule has 1 aliphatic heterocycles. The molecule has 1 aromatic heterocycles. The molecule has 2 aromatic carbocycles. The number of ether oxygens (including phenoxy) is 3. The number of thioether (sulfide) groups is 1. The Morgan fingerprint density at radius 2 is 1.71 bits per heavy atom. The maximum absolute atomic E-state index is 13.2. The van der Waals surface area contributed by atoms with Crippen LogP contribution in [0.1, 0.15) is 52.2 Å². The van der Waals surface area contributed by atoms with Crippen LogP contribution in [0.3, 0.4) is 0 Å². The maximum atomic E-state index is 13.2. The van der Waals surface area contributed by atoms with Gasteiger partial charge in [-0.2, -0.15) is 5.26 Å². The molecule has 2 heterocycles. The maximum Gasteiger partial charge on any atom is 0.338 e. The van der Waals surface area contributed by atoms with Crippen molar-refractivity contribution < 1.29 is 33.4 Å². The normalized spacial score (nSPS) is 14.6. The predicted molar refractivity (Wildman–Crippen MR) is 155 cm³/mol. The number of Topliss-reactive ketones (excluding diaryl/α,β-unsaturated/α-hetero) is 1. The monoisotopic (exact) mass is 587 g/mol. The standard InChI is InChI=1S/C31H29N3O7S/c1-18(2)13-22-9-5-21(16-32)29(33-22)42-27-15-28(36)34(30(27)37)23-10-6-19(7-11-23)31(38)41-17-24(35)20-8-12-25(39-3)26(14-20)40-4/h5-12,14,18,27H,13,15,17H2,1-4H3. The van der Waals surface area contributed by atoms with E-state index in [1.54, 1.807) is 24.3 Å². The van der Waals surface area contributed by atoms with E-state index in [4.69, 9.17) is 14.2 Å². The van der Waals surface area contributed by atoms with Crippen LogP contribution in [0.4, 0.5) is 5.69 Å².